The molecule has 0 amide bonds. The van der Waals surface area contributed by atoms with Crippen molar-refractivity contribution >= 4 is 5.97 Å². The fraction of sp³-hybridized carbons (Fsp3) is 0.500. The fourth-order valence-electron chi connectivity index (χ4n) is 2.49. The van der Waals surface area contributed by atoms with Crippen LogP contribution in [0.2, 0.25) is 0 Å². The SMILES string of the molecule is Cc1cc2c(cc1C(=O)O)CCCCCC2. The Hall–Kier alpha value is -1.31. The van der Waals surface area contributed by atoms with E-state index in [2.05, 4.69) is 6.07 Å². The van der Waals surface area contributed by atoms with Crippen LogP contribution in [0.1, 0.15) is 52.7 Å². The lowest BCUT2D eigenvalue weighted by Gasteiger charge is -2.15. The highest BCUT2D eigenvalue weighted by atomic mass is 16.4. The van der Waals surface area contributed by atoms with Crippen LogP contribution < -0.4 is 0 Å². The van der Waals surface area contributed by atoms with E-state index in [4.69, 9.17) is 5.11 Å². The van der Waals surface area contributed by atoms with Crippen molar-refractivity contribution < 1.29 is 9.90 Å². The van der Waals surface area contributed by atoms with Crippen LogP contribution in [0.4, 0.5) is 0 Å². The van der Waals surface area contributed by atoms with Crippen molar-refractivity contribution in [2.45, 2.75) is 45.4 Å². The molecule has 0 radical (unpaired) electrons. The maximum atomic E-state index is 11.1. The Labute approximate surface area is 96.3 Å². The number of aromatic carboxylic acids is 1. The van der Waals surface area contributed by atoms with Gasteiger partial charge in [-0.2, -0.15) is 0 Å². The normalized spacial score (nSPS) is 16.1. The molecule has 0 atom stereocenters. The summed E-state index contributed by atoms with van der Waals surface area (Å²) in [6.07, 6.45) is 7.15. The summed E-state index contributed by atoms with van der Waals surface area (Å²) in [5.41, 5.74) is 3.98. The van der Waals surface area contributed by atoms with Gasteiger partial charge in [-0.05, 0) is 55.4 Å². The van der Waals surface area contributed by atoms with Crippen LogP contribution in [0.5, 0.6) is 0 Å². The first-order valence-electron chi connectivity index (χ1n) is 6.04. The van der Waals surface area contributed by atoms with Gasteiger partial charge in [0.2, 0.25) is 0 Å². The number of carboxylic acids is 1. The van der Waals surface area contributed by atoms with E-state index in [1.54, 1.807) is 0 Å². The summed E-state index contributed by atoms with van der Waals surface area (Å²) >= 11 is 0. The van der Waals surface area contributed by atoms with Gasteiger partial charge in [0.05, 0.1) is 5.56 Å². The lowest BCUT2D eigenvalue weighted by molar-refractivity contribution is 0.0696. The Morgan fingerprint density at radius 1 is 1.06 bits per heavy atom. The number of carboxylic acid groups (broad SMARTS) is 1. The number of rotatable bonds is 1. The summed E-state index contributed by atoms with van der Waals surface area (Å²) in [6.45, 7) is 1.89. The Balaban J connectivity index is 2.41. The van der Waals surface area contributed by atoms with Crippen LogP contribution in [0, 0.1) is 6.92 Å². The summed E-state index contributed by atoms with van der Waals surface area (Å²) in [7, 11) is 0. The van der Waals surface area contributed by atoms with Gasteiger partial charge in [-0.3, -0.25) is 0 Å². The van der Waals surface area contributed by atoms with Crippen molar-refractivity contribution in [1.29, 1.82) is 0 Å². The van der Waals surface area contributed by atoms with Crippen LogP contribution in [-0.2, 0) is 12.8 Å². The van der Waals surface area contributed by atoms with Gasteiger partial charge in [0.15, 0.2) is 0 Å². The zero-order valence-corrected chi connectivity index (χ0v) is 9.75. The minimum absolute atomic E-state index is 0.472. The quantitative estimate of drug-likeness (QED) is 0.784. The van der Waals surface area contributed by atoms with Crippen molar-refractivity contribution in [3.05, 3.63) is 34.4 Å². The third kappa shape index (κ3) is 2.26. The molecule has 0 saturated heterocycles. The Morgan fingerprint density at radius 3 is 2.19 bits per heavy atom. The zero-order chi connectivity index (χ0) is 11.5. The van der Waals surface area contributed by atoms with Crippen LogP contribution in [0.15, 0.2) is 12.1 Å². The van der Waals surface area contributed by atoms with Gasteiger partial charge in [0.25, 0.3) is 0 Å². The highest BCUT2D eigenvalue weighted by molar-refractivity contribution is 5.89. The summed E-state index contributed by atoms with van der Waals surface area (Å²) < 4.78 is 0. The molecule has 0 fully saturated rings. The molecular formula is C14H18O2. The molecule has 0 bridgehead atoms. The van der Waals surface area contributed by atoms with Crippen LogP contribution in [-0.4, -0.2) is 11.1 Å². The smallest absolute Gasteiger partial charge is 0.335 e. The molecule has 1 aliphatic carbocycles. The third-order valence-corrected chi connectivity index (χ3v) is 3.42. The molecule has 0 heterocycles. The maximum absolute atomic E-state index is 11.1. The van der Waals surface area contributed by atoms with Gasteiger partial charge in [0.1, 0.15) is 0 Å². The van der Waals surface area contributed by atoms with Crippen LogP contribution >= 0.6 is 0 Å². The molecule has 2 rings (SSSR count). The van der Waals surface area contributed by atoms with E-state index in [1.807, 2.05) is 13.0 Å². The molecule has 1 aromatic carbocycles. The summed E-state index contributed by atoms with van der Waals surface area (Å²) in [5.74, 6) is -0.803. The highest BCUT2D eigenvalue weighted by Crippen LogP contribution is 2.23. The predicted octanol–water partition coefficient (Wildman–Crippen LogP) is 3.35. The van der Waals surface area contributed by atoms with Crippen molar-refractivity contribution in [3.8, 4) is 0 Å². The lowest BCUT2D eigenvalue weighted by Crippen LogP contribution is -2.06. The molecule has 0 unspecified atom stereocenters. The number of benzene rings is 1. The number of fused-ring (bicyclic) bond motifs is 1. The number of aryl methyl sites for hydroxylation is 3. The van der Waals surface area contributed by atoms with Crippen LogP contribution in [0.3, 0.4) is 0 Å². The van der Waals surface area contributed by atoms with E-state index in [-0.39, 0.29) is 0 Å². The Kier molecular flexibility index (Phi) is 3.28. The van der Waals surface area contributed by atoms with Crippen molar-refractivity contribution in [2.75, 3.05) is 0 Å². The topological polar surface area (TPSA) is 37.3 Å². The van der Waals surface area contributed by atoms with Gasteiger partial charge < -0.3 is 5.11 Å². The van der Waals surface area contributed by atoms with Crippen molar-refractivity contribution in [2.24, 2.45) is 0 Å². The second kappa shape index (κ2) is 4.69. The number of hydrogen-bond donors (Lipinski definition) is 1. The van der Waals surface area contributed by atoms with E-state index in [9.17, 15) is 4.79 Å². The largest absolute Gasteiger partial charge is 0.478 e. The number of carbonyl (C=O) groups is 1. The van der Waals surface area contributed by atoms with Crippen molar-refractivity contribution in [1.82, 2.24) is 0 Å². The Bertz CT molecular complexity index is 407. The average molecular weight is 218 g/mol. The molecule has 2 heteroatoms. The van der Waals surface area contributed by atoms with E-state index in [1.165, 1.54) is 36.8 Å². The molecule has 1 aliphatic rings. The predicted molar refractivity (Wildman–Crippen MR) is 64.0 cm³/mol. The van der Waals surface area contributed by atoms with E-state index in [0.717, 1.165) is 18.4 Å². The first-order valence-corrected chi connectivity index (χ1v) is 6.04. The molecule has 1 aromatic rings. The molecule has 0 saturated carbocycles. The molecule has 2 nitrogen and oxygen atoms in total. The fourth-order valence-corrected chi connectivity index (χ4v) is 2.49. The van der Waals surface area contributed by atoms with Gasteiger partial charge in [-0.15, -0.1) is 0 Å². The standard InChI is InChI=1S/C14H18O2/c1-10-8-11-6-4-2-3-5-7-12(11)9-13(10)14(15)16/h8-9H,2-7H2,1H3,(H,15,16). The highest BCUT2D eigenvalue weighted by Gasteiger charge is 2.13. The number of hydrogen-bond acceptors (Lipinski definition) is 1. The summed E-state index contributed by atoms with van der Waals surface area (Å²) in [4.78, 5) is 11.1. The van der Waals surface area contributed by atoms with Gasteiger partial charge >= 0.3 is 5.97 Å². The monoisotopic (exact) mass is 218 g/mol. The van der Waals surface area contributed by atoms with E-state index >= 15 is 0 Å². The molecule has 0 spiro atoms. The second-order valence-electron chi connectivity index (χ2n) is 4.66. The molecular weight excluding hydrogens is 200 g/mol. The minimum atomic E-state index is -0.803. The van der Waals surface area contributed by atoms with E-state index in [0.29, 0.717) is 5.56 Å². The first-order chi connectivity index (χ1) is 7.68. The molecule has 0 aliphatic heterocycles. The molecule has 1 N–H and O–H groups in total. The summed E-state index contributed by atoms with van der Waals surface area (Å²) in [5, 5.41) is 9.09. The van der Waals surface area contributed by atoms with E-state index < -0.39 is 5.97 Å². The first kappa shape index (κ1) is 11.2. The maximum Gasteiger partial charge on any atom is 0.335 e. The summed E-state index contributed by atoms with van der Waals surface area (Å²) in [6, 6.07) is 3.96. The second-order valence-corrected chi connectivity index (χ2v) is 4.66. The third-order valence-electron chi connectivity index (χ3n) is 3.42. The van der Waals surface area contributed by atoms with Gasteiger partial charge in [-0.25, -0.2) is 4.79 Å². The van der Waals surface area contributed by atoms with Crippen LogP contribution in [0.25, 0.3) is 0 Å². The minimum Gasteiger partial charge on any atom is -0.478 e. The Morgan fingerprint density at radius 2 is 1.62 bits per heavy atom. The van der Waals surface area contributed by atoms with Crippen molar-refractivity contribution in [3.63, 3.8) is 0 Å². The lowest BCUT2D eigenvalue weighted by atomic mass is 9.90. The molecule has 86 valence electrons. The molecule has 0 aromatic heterocycles. The average Bonchev–Trinajstić information content (AvgIpc) is 2.20. The zero-order valence-electron chi connectivity index (χ0n) is 9.75. The molecule has 16 heavy (non-hydrogen) atoms. The van der Waals surface area contributed by atoms with Gasteiger partial charge in [0, 0.05) is 0 Å². The van der Waals surface area contributed by atoms with Gasteiger partial charge in [-0.1, -0.05) is 18.9 Å².